The van der Waals surface area contributed by atoms with Crippen LogP contribution in [0, 0.1) is 25.1 Å². The fourth-order valence-corrected chi connectivity index (χ4v) is 4.01. The number of nitrogens with zero attached hydrogens (tertiary/aromatic N) is 2. The third-order valence-corrected chi connectivity index (χ3v) is 5.92. The predicted molar refractivity (Wildman–Crippen MR) is 133 cm³/mol. The first-order valence-electron chi connectivity index (χ1n) is 11.1. The highest BCUT2D eigenvalue weighted by molar-refractivity contribution is 6.32. The molecule has 1 aromatic carbocycles. The number of carbonyl (C=O) groups is 2. The van der Waals surface area contributed by atoms with Crippen LogP contribution in [-0.2, 0) is 20.9 Å². The molecule has 6 nitrogen and oxygen atoms in total. The quantitative estimate of drug-likeness (QED) is 0.267. The molecule has 8 heteroatoms. The van der Waals surface area contributed by atoms with Crippen LogP contribution >= 0.6 is 11.6 Å². The predicted octanol–water partition coefficient (Wildman–Crippen LogP) is 5.33. The van der Waals surface area contributed by atoms with Crippen LogP contribution in [0.2, 0.25) is 5.02 Å². The van der Waals surface area contributed by atoms with Gasteiger partial charge in [0.2, 0.25) is 0 Å². The van der Waals surface area contributed by atoms with Crippen LogP contribution in [0.1, 0.15) is 36.8 Å². The molecule has 1 aliphatic carbocycles. The number of aryl methyl sites for hydroxylation is 1. The van der Waals surface area contributed by atoms with Crippen molar-refractivity contribution in [3.05, 3.63) is 76.4 Å². The van der Waals surface area contributed by atoms with Gasteiger partial charge in [-0.1, -0.05) is 30.2 Å². The van der Waals surface area contributed by atoms with Gasteiger partial charge in [-0.05, 0) is 55.9 Å². The first-order valence-corrected chi connectivity index (χ1v) is 11.5. The van der Waals surface area contributed by atoms with Crippen molar-refractivity contribution < 1.29 is 23.5 Å². The van der Waals surface area contributed by atoms with Crippen molar-refractivity contribution in [3.8, 4) is 18.1 Å². The number of pyridine rings is 1. The Morgan fingerprint density at radius 1 is 1.31 bits per heavy atom. The van der Waals surface area contributed by atoms with E-state index in [1.807, 2.05) is 6.92 Å². The van der Waals surface area contributed by atoms with Crippen molar-refractivity contribution in [1.29, 1.82) is 0 Å². The van der Waals surface area contributed by atoms with E-state index in [-0.39, 0.29) is 47.4 Å². The van der Waals surface area contributed by atoms with E-state index in [1.165, 1.54) is 17.0 Å². The minimum absolute atomic E-state index is 0.0220. The highest BCUT2D eigenvalue weighted by Crippen LogP contribution is 2.36. The van der Waals surface area contributed by atoms with Gasteiger partial charge < -0.3 is 14.4 Å². The van der Waals surface area contributed by atoms with Gasteiger partial charge in [0.15, 0.2) is 6.61 Å². The smallest absolute Gasteiger partial charge is 0.335 e. The van der Waals surface area contributed by atoms with E-state index < -0.39 is 17.7 Å². The topological polar surface area (TPSA) is 68.7 Å². The van der Waals surface area contributed by atoms with E-state index in [2.05, 4.69) is 17.5 Å². The second kappa shape index (κ2) is 12.2. The molecule has 0 N–H and O–H groups in total. The number of amides is 1. The highest BCUT2D eigenvalue weighted by Gasteiger charge is 2.31. The maximum absolute atomic E-state index is 15.3. The zero-order chi connectivity index (χ0) is 25.4. The summed E-state index contributed by atoms with van der Waals surface area (Å²) in [4.78, 5) is 32.0. The lowest BCUT2D eigenvalue weighted by molar-refractivity contribution is -0.138. The van der Waals surface area contributed by atoms with Gasteiger partial charge in [0.25, 0.3) is 5.91 Å². The summed E-state index contributed by atoms with van der Waals surface area (Å²) in [6.07, 6.45) is 12.2. The fraction of sp³-hybridized carbons (Fsp3) is 0.296. The lowest BCUT2D eigenvalue weighted by Gasteiger charge is -2.28. The number of benzene rings is 1. The molecule has 0 spiro atoms. The van der Waals surface area contributed by atoms with Crippen molar-refractivity contribution >= 4 is 29.2 Å². The molecule has 1 heterocycles. The van der Waals surface area contributed by atoms with Crippen molar-refractivity contribution in [2.24, 2.45) is 0 Å². The largest absolute Gasteiger partial charge is 0.488 e. The minimum atomic E-state index is -0.705. The normalized spacial score (nSPS) is 13.1. The van der Waals surface area contributed by atoms with Crippen LogP contribution in [0.25, 0.3) is 0 Å². The standard InChI is InChI=1S/C27H26ClFN2O4/c1-4-12-34-25-15-24(23(29)14-22(25)28)31(17-19-16-30-11-10-18(19)3)26(32)20-8-6-7-9-21(20)27(33)35-13-5-2/h2,4,10-11,14-16H,1,6-9,12-13,17H2,3H3. The molecule has 0 saturated heterocycles. The Hall–Kier alpha value is -3.63. The van der Waals surface area contributed by atoms with E-state index in [0.717, 1.165) is 23.6 Å². The number of halogens is 2. The summed E-state index contributed by atoms with van der Waals surface area (Å²) in [5.74, 6) is 0.620. The molecule has 0 unspecified atom stereocenters. The fourth-order valence-electron chi connectivity index (χ4n) is 3.81. The Morgan fingerprint density at radius 3 is 2.74 bits per heavy atom. The molecule has 0 aliphatic heterocycles. The zero-order valence-electron chi connectivity index (χ0n) is 19.5. The van der Waals surface area contributed by atoms with Crippen LogP contribution in [0.4, 0.5) is 10.1 Å². The first-order chi connectivity index (χ1) is 16.9. The van der Waals surface area contributed by atoms with Gasteiger partial charge in [-0.25, -0.2) is 9.18 Å². The van der Waals surface area contributed by atoms with E-state index in [4.69, 9.17) is 27.5 Å². The maximum atomic E-state index is 15.3. The van der Waals surface area contributed by atoms with Crippen LogP contribution in [0.15, 0.2) is 54.4 Å². The van der Waals surface area contributed by atoms with E-state index in [1.54, 1.807) is 18.5 Å². The maximum Gasteiger partial charge on any atom is 0.335 e. The lowest BCUT2D eigenvalue weighted by Crippen LogP contribution is -2.35. The SMILES string of the molecule is C#CCOC(=O)C1=C(C(=O)N(Cc2cnccc2C)c2cc(OCC=C)c(Cl)cc2F)CCCC1. The molecule has 2 aromatic rings. The summed E-state index contributed by atoms with van der Waals surface area (Å²) in [5, 5.41) is 0.0634. The third kappa shape index (κ3) is 6.28. The lowest BCUT2D eigenvalue weighted by atomic mass is 9.90. The number of carbonyl (C=O) groups excluding carboxylic acids is 2. The van der Waals surface area contributed by atoms with Gasteiger partial charge in [0.05, 0.1) is 17.3 Å². The molecule has 0 radical (unpaired) electrons. The van der Waals surface area contributed by atoms with Gasteiger partial charge in [0.1, 0.15) is 18.2 Å². The molecule has 0 bridgehead atoms. The molecular weight excluding hydrogens is 471 g/mol. The Morgan fingerprint density at radius 2 is 2.06 bits per heavy atom. The number of anilines is 1. The minimum Gasteiger partial charge on any atom is -0.488 e. The Bertz CT molecular complexity index is 1200. The van der Waals surface area contributed by atoms with E-state index >= 15 is 4.39 Å². The van der Waals surface area contributed by atoms with Crippen molar-refractivity contribution in [2.45, 2.75) is 39.2 Å². The van der Waals surface area contributed by atoms with Gasteiger partial charge in [-0.15, -0.1) is 6.42 Å². The number of aromatic nitrogens is 1. The Kier molecular flexibility index (Phi) is 9.04. The van der Waals surface area contributed by atoms with Gasteiger partial charge >= 0.3 is 5.97 Å². The average molecular weight is 497 g/mol. The number of esters is 1. The van der Waals surface area contributed by atoms with E-state index in [9.17, 15) is 9.59 Å². The molecule has 35 heavy (non-hydrogen) atoms. The third-order valence-electron chi connectivity index (χ3n) is 5.63. The van der Waals surface area contributed by atoms with Gasteiger partial charge in [-0.3, -0.25) is 9.78 Å². The molecular formula is C27H26ClFN2O4. The molecule has 0 saturated carbocycles. The van der Waals surface area contributed by atoms with Crippen LogP contribution in [-0.4, -0.2) is 30.1 Å². The number of rotatable bonds is 9. The first kappa shape index (κ1) is 26.0. The van der Waals surface area contributed by atoms with Crippen molar-refractivity contribution in [1.82, 2.24) is 4.98 Å². The van der Waals surface area contributed by atoms with Gasteiger partial charge in [0, 0.05) is 29.6 Å². The number of hydrogen-bond donors (Lipinski definition) is 0. The number of hydrogen-bond acceptors (Lipinski definition) is 5. The van der Waals surface area contributed by atoms with E-state index in [0.29, 0.717) is 19.3 Å². The number of ether oxygens (including phenoxy) is 2. The summed E-state index contributed by atoms with van der Waals surface area (Å²) in [5.41, 5.74) is 2.11. The summed E-state index contributed by atoms with van der Waals surface area (Å²) in [7, 11) is 0. The summed E-state index contributed by atoms with van der Waals surface area (Å²) < 4.78 is 25.9. The van der Waals surface area contributed by atoms with Crippen molar-refractivity contribution in [3.63, 3.8) is 0 Å². The molecule has 1 amide bonds. The number of terminal acetylenes is 1. The molecule has 0 fully saturated rings. The van der Waals surface area contributed by atoms with Crippen LogP contribution < -0.4 is 9.64 Å². The molecule has 3 rings (SSSR count). The Labute approximate surface area is 209 Å². The highest BCUT2D eigenvalue weighted by atomic mass is 35.5. The monoisotopic (exact) mass is 496 g/mol. The summed E-state index contributed by atoms with van der Waals surface area (Å²) in [6, 6.07) is 4.28. The molecule has 1 aliphatic rings. The summed E-state index contributed by atoms with van der Waals surface area (Å²) >= 11 is 6.17. The molecule has 0 atom stereocenters. The average Bonchev–Trinajstić information content (AvgIpc) is 2.86. The van der Waals surface area contributed by atoms with Crippen LogP contribution in [0.5, 0.6) is 5.75 Å². The Balaban J connectivity index is 2.12. The second-order valence-corrected chi connectivity index (χ2v) is 8.38. The van der Waals surface area contributed by atoms with Crippen molar-refractivity contribution in [2.75, 3.05) is 18.1 Å². The second-order valence-electron chi connectivity index (χ2n) is 7.97. The molecule has 1 aromatic heterocycles. The molecule has 182 valence electrons. The van der Waals surface area contributed by atoms with Gasteiger partial charge in [-0.2, -0.15) is 0 Å². The van der Waals surface area contributed by atoms with Crippen LogP contribution in [0.3, 0.4) is 0 Å². The zero-order valence-corrected chi connectivity index (χ0v) is 20.2. The summed E-state index contributed by atoms with van der Waals surface area (Å²) in [6.45, 7) is 5.46.